The highest BCUT2D eigenvalue weighted by molar-refractivity contribution is 14.1. The van der Waals surface area contributed by atoms with Gasteiger partial charge in [0.15, 0.2) is 0 Å². The van der Waals surface area contributed by atoms with Gasteiger partial charge >= 0.3 is 5.97 Å². The van der Waals surface area contributed by atoms with Crippen molar-refractivity contribution in [3.8, 4) is 0 Å². The van der Waals surface area contributed by atoms with E-state index in [9.17, 15) is 9.90 Å². The predicted molar refractivity (Wildman–Crippen MR) is 145 cm³/mol. The van der Waals surface area contributed by atoms with Gasteiger partial charge in [0.25, 0.3) is 0 Å². The summed E-state index contributed by atoms with van der Waals surface area (Å²) in [7, 11) is 0. The van der Waals surface area contributed by atoms with Crippen LogP contribution in [0.5, 0.6) is 0 Å². The Morgan fingerprint density at radius 1 is 1.06 bits per heavy atom. The van der Waals surface area contributed by atoms with Gasteiger partial charge in [-0.3, -0.25) is 0 Å². The first-order chi connectivity index (χ1) is 15.9. The van der Waals surface area contributed by atoms with Crippen molar-refractivity contribution in [1.82, 2.24) is 4.98 Å². The number of carbonyl (C=O) groups is 1. The van der Waals surface area contributed by atoms with Crippen LogP contribution in [0.1, 0.15) is 48.7 Å². The molecule has 166 valence electrons. The molecule has 0 spiro atoms. The Labute approximate surface area is 212 Å². The van der Waals surface area contributed by atoms with Crippen LogP contribution in [0.4, 0.5) is 0 Å². The van der Waals surface area contributed by atoms with E-state index in [-0.39, 0.29) is 3.92 Å². The van der Waals surface area contributed by atoms with E-state index in [1.807, 2.05) is 49.4 Å². The number of aromatic nitrogens is 1. The Bertz CT molecular complexity index is 1350. The first kappa shape index (κ1) is 23.5. The molecule has 1 heterocycles. The van der Waals surface area contributed by atoms with Crippen LogP contribution in [0.3, 0.4) is 0 Å². The van der Waals surface area contributed by atoms with Crippen LogP contribution in [0.25, 0.3) is 23.1 Å². The third-order valence-electron chi connectivity index (χ3n) is 5.68. The summed E-state index contributed by atoms with van der Waals surface area (Å²) in [4.78, 5) is 16.3. The Morgan fingerprint density at radius 3 is 2.67 bits per heavy atom. The molecule has 0 bridgehead atoms. The van der Waals surface area contributed by atoms with E-state index in [4.69, 9.17) is 11.6 Å². The zero-order chi connectivity index (χ0) is 23.4. The highest BCUT2D eigenvalue weighted by Crippen LogP contribution is 2.31. The fraction of sp³-hybridized carbons (Fsp3) is 0.143. The number of aromatic carboxylic acids is 1. The van der Waals surface area contributed by atoms with Crippen LogP contribution >= 0.6 is 34.2 Å². The Morgan fingerprint density at radius 2 is 1.85 bits per heavy atom. The SMILES string of the molecule is Cc1cccc(C(=O)O)c1CC[C@H](I)c1cccc(C=Cc2ccc3ccc(Cl)cc3n2)c1. The maximum Gasteiger partial charge on any atom is 0.335 e. The number of benzene rings is 3. The fourth-order valence-corrected chi connectivity index (χ4v) is 4.78. The molecule has 0 aliphatic carbocycles. The van der Waals surface area contributed by atoms with Crippen molar-refractivity contribution in [2.45, 2.75) is 23.7 Å². The zero-order valence-electron chi connectivity index (χ0n) is 18.1. The smallest absolute Gasteiger partial charge is 0.335 e. The number of rotatable bonds is 7. The molecule has 1 atom stereocenters. The summed E-state index contributed by atoms with van der Waals surface area (Å²) >= 11 is 8.55. The van der Waals surface area contributed by atoms with Gasteiger partial charge in [-0.25, -0.2) is 9.78 Å². The van der Waals surface area contributed by atoms with E-state index >= 15 is 0 Å². The van der Waals surface area contributed by atoms with Gasteiger partial charge in [-0.1, -0.05) is 88.8 Å². The zero-order valence-corrected chi connectivity index (χ0v) is 21.0. The van der Waals surface area contributed by atoms with E-state index in [2.05, 4.69) is 57.9 Å². The minimum absolute atomic E-state index is 0.276. The first-order valence-electron chi connectivity index (χ1n) is 10.7. The lowest BCUT2D eigenvalue weighted by atomic mass is 9.95. The number of hydrogen-bond acceptors (Lipinski definition) is 2. The molecule has 1 N–H and O–H groups in total. The standard InChI is InChI=1S/C28H23ClINO2/c1-18-4-2-7-25(28(32)33)24(18)14-15-26(30)21-6-3-5-19(16-21)8-12-23-13-10-20-9-11-22(29)17-27(20)31-23/h2-13,16-17,26H,14-15H2,1H3,(H,32,33)/t26-/m0/s1. The highest BCUT2D eigenvalue weighted by Gasteiger charge is 2.14. The van der Waals surface area contributed by atoms with Crippen LogP contribution in [0, 0.1) is 6.92 Å². The number of carboxylic acids is 1. The number of carboxylic acid groups (broad SMARTS) is 1. The summed E-state index contributed by atoms with van der Waals surface area (Å²) in [5.41, 5.74) is 6.43. The Balaban J connectivity index is 1.48. The number of halogens is 2. The number of hydrogen-bond donors (Lipinski definition) is 1. The fourth-order valence-electron chi connectivity index (χ4n) is 3.91. The number of alkyl halides is 1. The normalized spacial score (nSPS) is 12.3. The molecule has 0 aliphatic heterocycles. The molecule has 0 saturated carbocycles. The molecular formula is C28H23ClINO2. The van der Waals surface area contributed by atoms with Crippen molar-refractivity contribution in [1.29, 1.82) is 0 Å². The number of pyridine rings is 1. The summed E-state index contributed by atoms with van der Waals surface area (Å²) in [5.74, 6) is -0.865. The summed E-state index contributed by atoms with van der Waals surface area (Å²) in [6, 6.07) is 23.7. The minimum atomic E-state index is -0.865. The third-order valence-corrected chi connectivity index (χ3v) is 7.26. The molecule has 0 radical (unpaired) electrons. The lowest BCUT2D eigenvalue weighted by molar-refractivity contribution is 0.0695. The van der Waals surface area contributed by atoms with Gasteiger partial charge in [-0.15, -0.1) is 0 Å². The highest BCUT2D eigenvalue weighted by atomic mass is 127. The second-order valence-electron chi connectivity index (χ2n) is 7.99. The van der Waals surface area contributed by atoms with E-state index in [0.717, 1.165) is 46.1 Å². The number of fused-ring (bicyclic) bond motifs is 1. The van der Waals surface area contributed by atoms with Crippen molar-refractivity contribution in [3.63, 3.8) is 0 Å². The van der Waals surface area contributed by atoms with E-state index in [0.29, 0.717) is 10.6 Å². The molecule has 0 unspecified atom stereocenters. The van der Waals surface area contributed by atoms with E-state index in [1.165, 1.54) is 5.56 Å². The molecule has 0 amide bonds. The maximum atomic E-state index is 11.6. The summed E-state index contributed by atoms with van der Waals surface area (Å²) in [6.45, 7) is 1.98. The van der Waals surface area contributed by atoms with E-state index < -0.39 is 5.97 Å². The van der Waals surface area contributed by atoms with Crippen LogP contribution < -0.4 is 0 Å². The van der Waals surface area contributed by atoms with Gasteiger partial charge in [0.2, 0.25) is 0 Å². The van der Waals surface area contributed by atoms with Crippen LogP contribution in [-0.4, -0.2) is 16.1 Å². The van der Waals surface area contributed by atoms with Gasteiger partial charge in [0.05, 0.1) is 16.8 Å². The lowest BCUT2D eigenvalue weighted by Gasteiger charge is -2.14. The van der Waals surface area contributed by atoms with Crippen molar-refractivity contribution in [2.75, 3.05) is 0 Å². The molecule has 3 aromatic carbocycles. The Kier molecular flexibility index (Phi) is 7.46. The third kappa shape index (κ3) is 5.81. The van der Waals surface area contributed by atoms with Gasteiger partial charge in [0.1, 0.15) is 0 Å². The van der Waals surface area contributed by atoms with Crippen molar-refractivity contribution in [3.05, 3.63) is 111 Å². The van der Waals surface area contributed by atoms with E-state index in [1.54, 1.807) is 12.1 Å². The van der Waals surface area contributed by atoms with Gasteiger partial charge in [0, 0.05) is 14.3 Å². The quantitative estimate of drug-likeness (QED) is 0.181. The van der Waals surface area contributed by atoms with Gasteiger partial charge < -0.3 is 5.11 Å². The minimum Gasteiger partial charge on any atom is -0.478 e. The summed E-state index contributed by atoms with van der Waals surface area (Å²) in [5, 5.41) is 11.3. The molecule has 0 fully saturated rings. The second kappa shape index (κ2) is 10.5. The monoisotopic (exact) mass is 567 g/mol. The number of aryl methyl sites for hydroxylation is 1. The lowest BCUT2D eigenvalue weighted by Crippen LogP contribution is -2.05. The molecule has 4 aromatic rings. The molecule has 3 nitrogen and oxygen atoms in total. The molecule has 4 rings (SSSR count). The largest absolute Gasteiger partial charge is 0.478 e. The second-order valence-corrected chi connectivity index (χ2v) is 9.93. The Hall–Kier alpha value is -2.70. The first-order valence-corrected chi connectivity index (χ1v) is 12.3. The van der Waals surface area contributed by atoms with Crippen LogP contribution in [0.2, 0.25) is 5.02 Å². The number of nitrogens with zero attached hydrogens (tertiary/aromatic N) is 1. The predicted octanol–water partition coefficient (Wildman–Crippen LogP) is 8.17. The summed E-state index contributed by atoms with van der Waals surface area (Å²) < 4.78 is 0.276. The van der Waals surface area contributed by atoms with Gasteiger partial charge in [-0.05, 0) is 72.4 Å². The van der Waals surface area contributed by atoms with Gasteiger partial charge in [-0.2, -0.15) is 0 Å². The molecule has 0 saturated heterocycles. The van der Waals surface area contributed by atoms with Crippen molar-refractivity contribution >= 4 is 63.2 Å². The molecule has 5 heteroatoms. The van der Waals surface area contributed by atoms with Crippen LogP contribution in [0.15, 0.2) is 72.8 Å². The molecule has 0 aliphatic rings. The molecule has 1 aromatic heterocycles. The average molecular weight is 568 g/mol. The molecule has 33 heavy (non-hydrogen) atoms. The topological polar surface area (TPSA) is 50.2 Å². The maximum absolute atomic E-state index is 11.6. The van der Waals surface area contributed by atoms with Crippen LogP contribution in [-0.2, 0) is 6.42 Å². The van der Waals surface area contributed by atoms with Crippen molar-refractivity contribution in [2.24, 2.45) is 0 Å². The van der Waals surface area contributed by atoms with Crippen molar-refractivity contribution < 1.29 is 9.90 Å². The average Bonchev–Trinajstić information content (AvgIpc) is 2.81. The molecular weight excluding hydrogens is 545 g/mol. The summed E-state index contributed by atoms with van der Waals surface area (Å²) in [6.07, 6.45) is 5.67.